The lowest BCUT2D eigenvalue weighted by molar-refractivity contribution is 0.174. The molecule has 1 atom stereocenters. The van der Waals surface area contributed by atoms with Crippen LogP contribution in [0.2, 0.25) is 5.02 Å². The van der Waals surface area contributed by atoms with Gasteiger partial charge in [-0.25, -0.2) is 0 Å². The summed E-state index contributed by atoms with van der Waals surface area (Å²) >= 11 is 6.13. The van der Waals surface area contributed by atoms with Gasteiger partial charge in [0.05, 0.1) is 10.6 Å². The molecule has 0 bridgehead atoms. The topological polar surface area (TPSA) is 74.2 Å². The van der Waals surface area contributed by atoms with Crippen LogP contribution in [0, 0.1) is 6.92 Å². The predicted octanol–water partition coefficient (Wildman–Crippen LogP) is 3.51. The Morgan fingerprint density at radius 3 is 2.86 bits per heavy atom. The molecule has 1 aromatic heterocycles. The van der Waals surface area contributed by atoms with Crippen molar-refractivity contribution in [3.63, 3.8) is 0 Å². The fraction of sp³-hybridized carbons (Fsp3) is 0.467. The molecular weight excluding hydrogens is 290 g/mol. The Kier molecular flexibility index (Phi) is 3.63. The van der Waals surface area contributed by atoms with Gasteiger partial charge in [-0.1, -0.05) is 22.8 Å². The summed E-state index contributed by atoms with van der Waals surface area (Å²) in [6, 6.07) is 5.62. The quantitative estimate of drug-likeness (QED) is 0.935. The third kappa shape index (κ3) is 2.76. The molecule has 112 valence electrons. The summed E-state index contributed by atoms with van der Waals surface area (Å²) in [5, 5.41) is 4.55. The second kappa shape index (κ2) is 5.31. The van der Waals surface area contributed by atoms with Crippen molar-refractivity contribution < 1.29 is 9.26 Å². The van der Waals surface area contributed by atoms with E-state index in [1.54, 1.807) is 6.07 Å². The molecule has 1 heterocycles. The van der Waals surface area contributed by atoms with Crippen LogP contribution in [-0.2, 0) is 5.54 Å². The molecule has 0 aliphatic heterocycles. The Morgan fingerprint density at radius 1 is 1.43 bits per heavy atom. The summed E-state index contributed by atoms with van der Waals surface area (Å²) < 4.78 is 11.1. The Morgan fingerprint density at radius 2 is 2.19 bits per heavy atom. The summed E-state index contributed by atoms with van der Waals surface area (Å²) in [6.45, 7) is 3.83. The minimum absolute atomic E-state index is 0.380. The van der Waals surface area contributed by atoms with Crippen molar-refractivity contribution in [2.24, 2.45) is 5.73 Å². The van der Waals surface area contributed by atoms with Gasteiger partial charge in [0.25, 0.3) is 5.89 Å². The van der Waals surface area contributed by atoms with Gasteiger partial charge in [0.1, 0.15) is 5.75 Å². The van der Waals surface area contributed by atoms with Crippen LogP contribution in [0.1, 0.15) is 49.6 Å². The van der Waals surface area contributed by atoms with E-state index >= 15 is 0 Å². The van der Waals surface area contributed by atoms with Gasteiger partial charge in [-0.2, -0.15) is 4.98 Å². The number of hydrogen-bond donors (Lipinski definition) is 1. The number of aryl methyl sites for hydroxylation is 1. The van der Waals surface area contributed by atoms with Crippen LogP contribution in [0.25, 0.3) is 0 Å². The van der Waals surface area contributed by atoms with Crippen molar-refractivity contribution in [3.8, 4) is 5.75 Å². The number of rotatable bonds is 4. The standard InChI is InChI=1S/C15H18ClN3O2/c1-9-4-5-11(16)12(8-9)20-10(2)13-18-14(19-21-13)15(17)6-3-7-15/h4-5,8,10H,3,6-7,17H2,1-2H3. The van der Waals surface area contributed by atoms with E-state index in [9.17, 15) is 0 Å². The lowest BCUT2D eigenvalue weighted by Crippen LogP contribution is -2.44. The number of benzene rings is 1. The molecule has 1 aliphatic rings. The highest BCUT2D eigenvalue weighted by atomic mass is 35.5. The van der Waals surface area contributed by atoms with E-state index in [1.807, 2.05) is 26.0 Å². The molecule has 1 saturated carbocycles. The first-order chi connectivity index (χ1) is 9.98. The summed E-state index contributed by atoms with van der Waals surface area (Å²) in [7, 11) is 0. The first-order valence-electron chi connectivity index (χ1n) is 7.04. The minimum Gasteiger partial charge on any atom is -0.479 e. The van der Waals surface area contributed by atoms with Crippen molar-refractivity contribution in [2.75, 3.05) is 0 Å². The molecule has 2 aromatic rings. The number of aromatic nitrogens is 2. The Hall–Kier alpha value is -1.59. The van der Waals surface area contributed by atoms with Crippen molar-refractivity contribution in [1.82, 2.24) is 10.1 Å². The van der Waals surface area contributed by atoms with Crippen LogP contribution in [0.15, 0.2) is 22.7 Å². The van der Waals surface area contributed by atoms with Gasteiger partial charge in [-0.05, 0) is 50.8 Å². The number of halogens is 1. The molecule has 6 heteroatoms. The van der Waals surface area contributed by atoms with Crippen molar-refractivity contribution in [1.29, 1.82) is 0 Å². The van der Waals surface area contributed by atoms with Gasteiger partial charge in [0.2, 0.25) is 0 Å². The zero-order valence-corrected chi connectivity index (χ0v) is 12.9. The maximum atomic E-state index is 6.19. The summed E-state index contributed by atoms with van der Waals surface area (Å²) in [5.74, 6) is 1.59. The normalized spacial score (nSPS) is 18.1. The van der Waals surface area contributed by atoms with Crippen LogP contribution < -0.4 is 10.5 Å². The molecular formula is C15H18ClN3O2. The van der Waals surface area contributed by atoms with E-state index in [0.717, 1.165) is 24.8 Å². The summed E-state index contributed by atoms with van der Waals surface area (Å²) in [4.78, 5) is 4.38. The van der Waals surface area contributed by atoms with Crippen molar-refractivity contribution in [2.45, 2.75) is 44.8 Å². The van der Waals surface area contributed by atoms with Gasteiger partial charge < -0.3 is 15.0 Å². The molecule has 1 fully saturated rings. The first-order valence-corrected chi connectivity index (χ1v) is 7.41. The van der Waals surface area contributed by atoms with E-state index in [1.165, 1.54) is 0 Å². The van der Waals surface area contributed by atoms with Gasteiger partial charge in [-0.3, -0.25) is 0 Å². The molecule has 0 saturated heterocycles. The van der Waals surface area contributed by atoms with Crippen LogP contribution >= 0.6 is 11.6 Å². The zero-order valence-electron chi connectivity index (χ0n) is 12.1. The van der Waals surface area contributed by atoms with Crippen LogP contribution in [0.3, 0.4) is 0 Å². The smallest absolute Gasteiger partial charge is 0.267 e. The molecule has 0 radical (unpaired) electrons. The van der Waals surface area contributed by atoms with Crippen molar-refractivity contribution >= 4 is 11.6 Å². The maximum Gasteiger partial charge on any atom is 0.267 e. The fourth-order valence-corrected chi connectivity index (χ4v) is 2.49. The number of hydrogen-bond acceptors (Lipinski definition) is 5. The monoisotopic (exact) mass is 307 g/mol. The SMILES string of the molecule is Cc1ccc(Cl)c(OC(C)c2nc(C3(N)CCC3)no2)c1. The first kappa shape index (κ1) is 14.4. The van der Waals surface area contributed by atoms with Crippen LogP contribution in [0.4, 0.5) is 0 Å². The molecule has 1 aliphatic carbocycles. The molecule has 2 N–H and O–H groups in total. The second-order valence-electron chi connectivity index (χ2n) is 5.66. The van der Waals surface area contributed by atoms with E-state index in [-0.39, 0.29) is 6.10 Å². The zero-order chi connectivity index (χ0) is 15.0. The Balaban J connectivity index is 1.76. The predicted molar refractivity (Wildman–Crippen MR) is 79.2 cm³/mol. The largest absolute Gasteiger partial charge is 0.479 e. The van der Waals surface area contributed by atoms with E-state index in [4.69, 9.17) is 26.6 Å². The molecule has 0 spiro atoms. The number of ether oxygens (including phenoxy) is 1. The number of nitrogens with zero attached hydrogens (tertiary/aromatic N) is 2. The van der Waals surface area contributed by atoms with E-state index in [2.05, 4.69) is 10.1 Å². The van der Waals surface area contributed by atoms with Gasteiger partial charge in [-0.15, -0.1) is 0 Å². The van der Waals surface area contributed by atoms with Crippen molar-refractivity contribution in [3.05, 3.63) is 40.5 Å². The molecule has 1 unspecified atom stereocenters. The highest BCUT2D eigenvalue weighted by Crippen LogP contribution is 2.37. The lowest BCUT2D eigenvalue weighted by atomic mass is 9.77. The van der Waals surface area contributed by atoms with Crippen LogP contribution in [0.5, 0.6) is 5.75 Å². The molecule has 0 amide bonds. The Bertz CT molecular complexity index is 652. The highest BCUT2D eigenvalue weighted by Gasteiger charge is 2.39. The lowest BCUT2D eigenvalue weighted by Gasteiger charge is -2.34. The Labute approximate surface area is 128 Å². The average molecular weight is 308 g/mol. The minimum atomic E-state index is -0.428. The average Bonchev–Trinajstić information content (AvgIpc) is 2.90. The third-order valence-corrected chi connectivity index (χ3v) is 4.18. The summed E-state index contributed by atoms with van der Waals surface area (Å²) in [5.41, 5.74) is 6.83. The maximum absolute atomic E-state index is 6.19. The number of nitrogens with two attached hydrogens (primary N) is 1. The fourth-order valence-electron chi connectivity index (χ4n) is 2.33. The van der Waals surface area contributed by atoms with Gasteiger partial charge in [0.15, 0.2) is 11.9 Å². The molecule has 21 heavy (non-hydrogen) atoms. The molecule has 1 aromatic carbocycles. The van der Waals surface area contributed by atoms with E-state index in [0.29, 0.717) is 22.5 Å². The van der Waals surface area contributed by atoms with Crippen LogP contribution in [-0.4, -0.2) is 10.1 Å². The van der Waals surface area contributed by atoms with E-state index < -0.39 is 5.54 Å². The third-order valence-electron chi connectivity index (χ3n) is 3.87. The van der Waals surface area contributed by atoms with Gasteiger partial charge >= 0.3 is 0 Å². The molecule has 5 nitrogen and oxygen atoms in total. The second-order valence-corrected chi connectivity index (χ2v) is 6.07. The molecule has 3 rings (SSSR count). The highest BCUT2D eigenvalue weighted by molar-refractivity contribution is 6.32. The summed E-state index contributed by atoms with van der Waals surface area (Å²) in [6.07, 6.45) is 2.51. The van der Waals surface area contributed by atoms with Gasteiger partial charge in [0, 0.05) is 0 Å².